The predicted octanol–water partition coefficient (Wildman–Crippen LogP) is 1.30. The van der Waals surface area contributed by atoms with E-state index >= 15 is 0 Å². The summed E-state index contributed by atoms with van der Waals surface area (Å²) in [6.45, 7) is 0. The second-order valence-electron chi connectivity index (χ2n) is 4.17. The Kier molecular flexibility index (Phi) is 1.73. The zero-order chi connectivity index (χ0) is 10.4. The number of nitrogens with one attached hydrogen (secondary N) is 2. The molecule has 1 unspecified atom stereocenters. The van der Waals surface area contributed by atoms with Gasteiger partial charge in [0.05, 0.1) is 17.1 Å². The van der Waals surface area contributed by atoms with Crippen molar-refractivity contribution in [3.63, 3.8) is 0 Å². The van der Waals surface area contributed by atoms with Crippen LogP contribution in [-0.2, 0) is 0 Å². The van der Waals surface area contributed by atoms with E-state index in [1.54, 1.807) is 0 Å². The van der Waals surface area contributed by atoms with Crippen LogP contribution < -0.4 is 5.69 Å². The topological polar surface area (TPSA) is 68.9 Å². The van der Waals surface area contributed by atoms with Gasteiger partial charge in [-0.15, -0.1) is 0 Å². The highest BCUT2D eigenvalue weighted by atomic mass is 16.3. The van der Waals surface area contributed by atoms with Crippen molar-refractivity contribution in [3.05, 3.63) is 34.2 Å². The lowest BCUT2D eigenvalue weighted by molar-refractivity contribution is 0.154. The van der Waals surface area contributed by atoms with Crippen molar-refractivity contribution >= 4 is 11.0 Å². The lowest BCUT2D eigenvalue weighted by Crippen LogP contribution is -1.99. The lowest BCUT2D eigenvalue weighted by Gasteiger charge is -2.08. The molecule has 0 amide bonds. The SMILES string of the molecule is O=c1[nH]c2ccc(C(O)C3CC3)cc2[nH]1. The normalized spacial score (nSPS) is 18.2. The molecule has 4 heteroatoms. The summed E-state index contributed by atoms with van der Waals surface area (Å²) in [6.07, 6.45) is 1.82. The Labute approximate surface area is 86.0 Å². The molecule has 15 heavy (non-hydrogen) atoms. The van der Waals surface area contributed by atoms with E-state index in [9.17, 15) is 9.90 Å². The number of hydrogen-bond donors (Lipinski definition) is 3. The van der Waals surface area contributed by atoms with Crippen LogP contribution in [0, 0.1) is 5.92 Å². The van der Waals surface area contributed by atoms with Gasteiger partial charge in [0.1, 0.15) is 0 Å². The minimum Gasteiger partial charge on any atom is -0.388 e. The number of H-pyrrole nitrogens is 2. The number of aliphatic hydroxyl groups is 1. The molecule has 1 aliphatic carbocycles. The Morgan fingerprint density at radius 3 is 2.73 bits per heavy atom. The minimum absolute atomic E-state index is 0.205. The van der Waals surface area contributed by atoms with Crippen molar-refractivity contribution in [2.75, 3.05) is 0 Å². The van der Waals surface area contributed by atoms with Crippen molar-refractivity contribution in [1.82, 2.24) is 9.97 Å². The van der Waals surface area contributed by atoms with E-state index in [1.807, 2.05) is 18.2 Å². The number of fused-ring (bicyclic) bond motifs is 1. The molecule has 1 atom stereocenters. The van der Waals surface area contributed by atoms with Gasteiger partial charge in [-0.3, -0.25) is 0 Å². The maximum Gasteiger partial charge on any atom is 0.323 e. The molecule has 1 aromatic carbocycles. The van der Waals surface area contributed by atoms with Crippen LogP contribution in [0.15, 0.2) is 23.0 Å². The number of imidazole rings is 1. The zero-order valence-corrected chi connectivity index (χ0v) is 8.16. The molecule has 0 radical (unpaired) electrons. The minimum atomic E-state index is -0.382. The first-order valence-electron chi connectivity index (χ1n) is 5.14. The van der Waals surface area contributed by atoms with Crippen LogP contribution in [-0.4, -0.2) is 15.1 Å². The fourth-order valence-corrected chi connectivity index (χ4v) is 1.92. The third-order valence-corrected chi connectivity index (χ3v) is 2.95. The predicted molar refractivity (Wildman–Crippen MR) is 56.6 cm³/mol. The molecule has 0 bridgehead atoms. The summed E-state index contributed by atoms with van der Waals surface area (Å²) >= 11 is 0. The summed E-state index contributed by atoms with van der Waals surface area (Å²) < 4.78 is 0. The smallest absolute Gasteiger partial charge is 0.323 e. The van der Waals surface area contributed by atoms with E-state index in [0.717, 1.165) is 29.4 Å². The summed E-state index contributed by atoms with van der Waals surface area (Å²) in [5.74, 6) is 0.410. The highest BCUT2D eigenvalue weighted by molar-refractivity contribution is 5.75. The van der Waals surface area contributed by atoms with Gasteiger partial charge in [0, 0.05) is 0 Å². The largest absolute Gasteiger partial charge is 0.388 e. The summed E-state index contributed by atoms with van der Waals surface area (Å²) in [5.41, 5.74) is 2.23. The van der Waals surface area contributed by atoms with Crippen LogP contribution in [0.3, 0.4) is 0 Å². The second kappa shape index (κ2) is 2.97. The molecule has 1 fully saturated rings. The maximum atomic E-state index is 11.0. The Morgan fingerprint density at radius 1 is 1.27 bits per heavy atom. The molecular weight excluding hydrogens is 192 g/mol. The molecule has 3 N–H and O–H groups in total. The van der Waals surface area contributed by atoms with Crippen LogP contribution in [0.5, 0.6) is 0 Å². The average molecular weight is 204 g/mol. The summed E-state index contributed by atoms with van der Waals surface area (Å²) in [4.78, 5) is 16.4. The number of rotatable bonds is 2. The molecule has 4 nitrogen and oxygen atoms in total. The average Bonchev–Trinajstić information content (AvgIpc) is 2.98. The number of hydrogen-bond acceptors (Lipinski definition) is 2. The van der Waals surface area contributed by atoms with Gasteiger partial charge in [0.25, 0.3) is 0 Å². The monoisotopic (exact) mass is 204 g/mol. The lowest BCUT2D eigenvalue weighted by atomic mass is 10.1. The summed E-state index contributed by atoms with van der Waals surface area (Å²) in [5, 5.41) is 9.92. The van der Waals surface area contributed by atoms with Crippen LogP contribution >= 0.6 is 0 Å². The molecule has 0 spiro atoms. The quantitative estimate of drug-likeness (QED) is 0.690. The van der Waals surface area contributed by atoms with E-state index in [0.29, 0.717) is 5.92 Å². The number of aromatic amines is 2. The zero-order valence-electron chi connectivity index (χ0n) is 8.16. The molecule has 0 saturated heterocycles. The van der Waals surface area contributed by atoms with Gasteiger partial charge in [-0.2, -0.15) is 0 Å². The van der Waals surface area contributed by atoms with Gasteiger partial charge >= 0.3 is 5.69 Å². The van der Waals surface area contributed by atoms with E-state index in [4.69, 9.17) is 0 Å². The van der Waals surface area contributed by atoms with Crippen LogP contribution in [0.25, 0.3) is 11.0 Å². The number of aromatic nitrogens is 2. The fraction of sp³-hybridized carbons (Fsp3) is 0.364. The number of benzene rings is 1. The molecule has 2 aromatic rings. The van der Waals surface area contributed by atoms with E-state index < -0.39 is 0 Å². The van der Waals surface area contributed by atoms with Gasteiger partial charge in [0.15, 0.2) is 0 Å². The first-order valence-corrected chi connectivity index (χ1v) is 5.14. The Morgan fingerprint density at radius 2 is 2.00 bits per heavy atom. The highest BCUT2D eigenvalue weighted by Crippen LogP contribution is 2.41. The van der Waals surface area contributed by atoms with Crippen LogP contribution in [0.1, 0.15) is 24.5 Å². The molecule has 1 aliphatic rings. The van der Waals surface area contributed by atoms with E-state index in [1.165, 1.54) is 0 Å². The van der Waals surface area contributed by atoms with Gasteiger partial charge in [-0.05, 0) is 36.5 Å². The van der Waals surface area contributed by atoms with E-state index in [2.05, 4.69) is 9.97 Å². The van der Waals surface area contributed by atoms with Crippen molar-refractivity contribution in [1.29, 1.82) is 0 Å². The molecule has 1 aromatic heterocycles. The van der Waals surface area contributed by atoms with Crippen molar-refractivity contribution < 1.29 is 5.11 Å². The van der Waals surface area contributed by atoms with Crippen molar-refractivity contribution in [3.8, 4) is 0 Å². The highest BCUT2D eigenvalue weighted by Gasteiger charge is 2.30. The molecule has 1 saturated carbocycles. The first-order chi connectivity index (χ1) is 7.24. The van der Waals surface area contributed by atoms with E-state index in [-0.39, 0.29) is 11.8 Å². The Bertz CT molecular complexity index is 551. The fourth-order valence-electron chi connectivity index (χ4n) is 1.92. The van der Waals surface area contributed by atoms with Crippen molar-refractivity contribution in [2.45, 2.75) is 18.9 Å². The van der Waals surface area contributed by atoms with Gasteiger partial charge in [0.2, 0.25) is 0 Å². The van der Waals surface area contributed by atoms with Crippen molar-refractivity contribution in [2.24, 2.45) is 5.92 Å². The molecule has 0 aliphatic heterocycles. The third-order valence-electron chi connectivity index (χ3n) is 2.95. The molecule has 3 rings (SSSR count). The molecule has 78 valence electrons. The maximum absolute atomic E-state index is 11.0. The van der Waals surface area contributed by atoms with Crippen LogP contribution in [0.2, 0.25) is 0 Å². The molecular formula is C11H12N2O2. The van der Waals surface area contributed by atoms with Gasteiger partial charge in [-0.25, -0.2) is 4.79 Å². The Balaban J connectivity index is 2.08. The van der Waals surface area contributed by atoms with Gasteiger partial charge < -0.3 is 15.1 Å². The second-order valence-corrected chi connectivity index (χ2v) is 4.17. The number of aliphatic hydroxyl groups excluding tert-OH is 1. The third kappa shape index (κ3) is 1.47. The standard InChI is InChI=1S/C11H12N2O2/c14-10(6-1-2-6)7-3-4-8-9(5-7)13-11(15)12-8/h3-6,10,14H,1-2H2,(H2,12,13,15). The Hall–Kier alpha value is -1.55. The summed E-state index contributed by atoms with van der Waals surface area (Å²) in [7, 11) is 0. The van der Waals surface area contributed by atoms with Crippen LogP contribution in [0.4, 0.5) is 0 Å². The molecule has 1 heterocycles. The summed E-state index contributed by atoms with van der Waals surface area (Å²) in [6, 6.07) is 5.54. The van der Waals surface area contributed by atoms with Gasteiger partial charge in [-0.1, -0.05) is 6.07 Å². The first kappa shape index (κ1) is 8.73.